The molecule has 2 aromatic heterocycles. The minimum absolute atomic E-state index is 0.0241. The van der Waals surface area contributed by atoms with Crippen LogP contribution in [-0.4, -0.2) is 43.4 Å². The second kappa shape index (κ2) is 8.65. The molecule has 0 N–H and O–H groups in total. The minimum Gasteiger partial charge on any atom is -0.444 e. The molecule has 10 heteroatoms. The summed E-state index contributed by atoms with van der Waals surface area (Å²) in [4.78, 5) is 22.4. The standard InChI is InChI=1S/C17H21F2N5O3/c1-11(14-20-8-5-9-21-14)24(16(25)27-17(2,3)4)10-12-6-7-13(23-22-12)26-15(18)19/h5-9,11,15H,10H2,1-4H3. The Bertz CT molecular complexity index is 738. The Balaban J connectivity index is 2.22. The fraction of sp³-hybridized carbons (Fsp3) is 0.471. The molecule has 8 nitrogen and oxygen atoms in total. The highest BCUT2D eigenvalue weighted by Gasteiger charge is 2.29. The van der Waals surface area contributed by atoms with Crippen LogP contribution in [0.15, 0.2) is 30.6 Å². The molecule has 0 bridgehead atoms. The van der Waals surface area contributed by atoms with Gasteiger partial charge in [-0.25, -0.2) is 14.8 Å². The molecule has 0 aliphatic heterocycles. The van der Waals surface area contributed by atoms with Gasteiger partial charge in [0.05, 0.1) is 18.3 Å². The van der Waals surface area contributed by atoms with Gasteiger partial charge in [0.2, 0.25) is 5.88 Å². The van der Waals surface area contributed by atoms with Gasteiger partial charge >= 0.3 is 12.7 Å². The minimum atomic E-state index is -2.99. The van der Waals surface area contributed by atoms with E-state index in [0.29, 0.717) is 11.5 Å². The molecule has 1 atom stereocenters. The van der Waals surface area contributed by atoms with Crippen LogP contribution in [0.3, 0.4) is 0 Å². The zero-order chi connectivity index (χ0) is 20.0. The average molecular weight is 381 g/mol. The number of rotatable bonds is 6. The van der Waals surface area contributed by atoms with Crippen LogP contribution in [0.4, 0.5) is 13.6 Å². The molecule has 146 valence electrons. The lowest BCUT2D eigenvalue weighted by Crippen LogP contribution is -2.38. The van der Waals surface area contributed by atoms with Crippen molar-refractivity contribution in [1.29, 1.82) is 0 Å². The second-order valence-corrected chi connectivity index (χ2v) is 6.63. The molecule has 0 saturated heterocycles. The van der Waals surface area contributed by atoms with E-state index in [0.717, 1.165) is 0 Å². The van der Waals surface area contributed by atoms with Gasteiger partial charge in [0.25, 0.3) is 0 Å². The maximum Gasteiger partial charge on any atom is 0.411 e. The Morgan fingerprint density at radius 3 is 2.37 bits per heavy atom. The predicted octanol–water partition coefficient (Wildman–Crippen LogP) is 3.37. The van der Waals surface area contributed by atoms with Crippen molar-refractivity contribution in [3.8, 4) is 5.88 Å². The number of ether oxygens (including phenoxy) is 2. The summed E-state index contributed by atoms with van der Waals surface area (Å²) in [7, 11) is 0. The Hall–Kier alpha value is -2.91. The zero-order valence-corrected chi connectivity index (χ0v) is 15.5. The smallest absolute Gasteiger partial charge is 0.411 e. The Kier molecular flexibility index (Phi) is 6.54. The average Bonchev–Trinajstić information content (AvgIpc) is 2.59. The van der Waals surface area contributed by atoms with E-state index in [1.54, 1.807) is 46.2 Å². The highest BCUT2D eigenvalue weighted by Crippen LogP contribution is 2.22. The van der Waals surface area contributed by atoms with Crippen LogP contribution in [0, 0.1) is 0 Å². The van der Waals surface area contributed by atoms with Crippen molar-refractivity contribution in [3.05, 3.63) is 42.1 Å². The Morgan fingerprint density at radius 1 is 1.19 bits per heavy atom. The molecule has 2 aromatic rings. The predicted molar refractivity (Wildman–Crippen MR) is 90.9 cm³/mol. The van der Waals surface area contributed by atoms with Gasteiger partial charge in [-0.1, -0.05) is 0 Å². The summed E-state index contributed by atoms with van der Waals surface area (Å²) in [5.41, 5.74) is -0.335. The summed E-state index contributed by atoms with van der Waals surface area (Å²) < 4.78 is 34.1. The molecule has 0 spiro atoms. The van der Waals surface area contributed by atoms with Gasteiger partial charge in [0.1, 0.15) is 5.60 Å². The molecule has 2 rings (SSSR count). The lowest BCUT2D eigenvalue weighted by molar-refractivity contribution is -0.0534. The number of carbonyl (C=O) groups excluding carboxylic acids is 1. The first-order valence-corrected chi connectivity index (χ1v) is 8.19. The van der Waals surface area contributed by atoms with Crippen LogP contribution >= 0.6 is 0 Å². The molecule has 27 heavy (non-hydrogen) atoms. The topological polar surface area (TPSA) is 90.3 Å². The number of alkyl halides is 2. The zero-order valence-electron chi connectivity index (χ0n) is 15.5. The fourth-order valence-electron chi connectivity index (χ4n) is 2.11. The summed E-state index contributed by atoms with van der Waals surface area (Å²) in [5, 5.41) is 7.40. The van der Waals surface area contributed by atoms with Crippen molar-refractivity contribution in [3.63, 3.8) is 0 Å². The number of halogens is 2. The van der Waals surface area contributed by atoms with Crippen LogP contribution in [-0.2, 0) is 11.3 Å². The molecule has 1 amide bonds. The van der Waals surface area contributed by atoms with E-state index in [4.69, 9.17) is 4.74 Å². The van der Waals surface area contributed by atoms with Crippen LogP contribution < -0.4 is 4.74 Å². The Labute approximate surface area is 155 Å². The van der Waals surface area contributed by atoms with Gasteiger partial charge in [-0.3, -0.25) is 4.90 Å². The first kappa shape index (κ1) is 20.4. The summed E-state index contributed by atoms with van der Waals surface area (Å²) in [6, 6.07) is 3.85. The van der Waals surface area contributed by atoms with Crippen molar-refractivity contribution in [2.24, 2.45) is 0 Å². The van der Waals surface area contributed by atoms with Gasteiger partial charge in [-0.05, 0) is 39.8 Å². The normalized spacial score (nSPS) is 12.6. The van der Waals surface area contributed by atoms with Crippen LogP contribution in [0.25, 0.3) is 0 Å². The van der Waals surface area contributed by atoms with E-state index in [1.807, 2.05) is 0 Å². The number of hydrogen-bond acceptors (Lipinski definition) is 7. The highest BCUT2D eigenvalue weighted by molar-refractivity contribution is 5.68. The maximum absolute atomic E-state index is 12.7. The molecular weight excluding hydrogens is 360 g/mol. The number of carbonyl (C=O) groups is 1. The van der Waals surface area contributed by atoms with Gasteiger partial charge in [-0.15, -0.1) is 10.2 Å². The van der Waals surface area contributed by atoms with Crippen LogP contribution in [0.2, 0.25) is 0 Å². The fourth-order valence-corrected chi connectivity index (χ4v) is 2.11. The summed E-state index contributed by atoms with van der Waals surface area (Å²) in [6.07, 6.45) is 2.56. The molecule has 0 saturated carbocycles. The molecule has 0 fully saturated rings. The van der Waals surface area contributed by atoms with E-state index in [-0.39, 0.29) is 12.4 Å². The van der Waals surface area contributed by atoms with Crippen molar-refractivity contribution < 1.29 is 23.0 Å². The number of nitrogens with zero attached hydrogens (tertiary/aromatic N) is 5. The van der Waals surface area contributed by atoms with E-state index in [1.165, 1.54) is 17.0 Å². The van der Waals surface area contributed by atoms with Crippen molar-refractivity contribution in [2.75, 3.05) is 0 Å². The third-order valence-corrected chi connectivity index (χ3v) is 3.29. The van der Waals surface area contributed by atoms with Gasteiger partial charge in [0.15, 0.2) is 5.82 Å². The van der Waals surface area contributed by atoms with E-state index < -0.39 is 24.3 Å². The molecule has 2 heterocycles. The SMILES string of the molecule is CC(c1ncccn1)N(Cc1ccc(OC(F)F)nn1)C(=O)OC(C)(C)C. The first-order valence-electron chi connectivity index (χ1n) is 8.19. The first-order chi connectivity index (χ1) is 12.7. The molecular formula is C17H21F2N5O3. The van der Waals surface area contributed by atoms with Gasteiger partial charge < -0.3 is 9.47 Å². The van der Waals surface area contributed by atoms with Crippen molar-refractivity contribution in [1.82, 2.24) is 25.1 Å². The molecule has 1 unspecified atom stereocenters. The monoisotopic (exact) mass is 381 g/mol. The van der Waals surface area contributed by atoms with Gasteiger partial charge in [-0.2, -0.15) is 8.78 Å². The van der Waals surface area contributed by atoms with Crippen LogP contribution in [0.5, 0.6) is 5.88 Å². The second-order valence-electron chi connectivity index (χ2n) is 6.63. The van der Waals surface area contributed by atoms with Gasteiger partial charge in [0, 0.05) is 18.5 Å². The summed E-state index contributed by atoms with van der Waals surface area (Å²) >= 11 is 0. The third kappa shape index (κ3) is 6.39. The Morgan fingerprint density at radius 2 is 1.85 bits per heavy atom. The van der Waals surface area contributed by atoms with Crippen LogP contribution in [0.1, 0.15) is 45.3 Å². The highest BCUT2D eigenvalue weighted by atomic mass is 19.3. The number of aromatic nitrogens is 4. The number of hydrogen-bond donors (Lipinski definition) is 0. The van der Waals surface area contributed by atoms with E-state index >= 15 is 0 Å². The third-order valence-electron chi connectivity index (χ3n) is 3.29. The molecule has 0 aliphatic rings. The van der Waals surface area contributed by atoms with E-state index in [2.05, 4.69) is 24.9 Å². The maximum atomic E-state index is 12.7. The summed E-state index contributed by atoms with van der Waals surface area (Å²) in [6.45, 7) is 4.05. The molecule has 0 aromatic carbocycles. The summed E-state index contributed by atoms with van der Waals surface area (Å²) in [5.74, 6) is 0.117. The lowest BCUT2D eigenvalue weighted by atomic mass is 10.2. The van der Waals surface area contributed by atoms with E-state index in [9.17, 15) is 13.6 Å². The largest absolute Gasteiger partial charge is 0.444 e. The van der Waals surface area contributed by atoms with Crippen molar-refractivity contribution >= 4 is 6.09 Å². The molecule has 0 radical (unpaired) electrons. The van der Waals surface area contributed by atoms with Crippen molar-refractivity contribution in [2.45, 2.75) is 52.5 Å². The quantitative estimate of drug-likeness (QED) is 0.758. The lowest BCUT2D eigenvalue weighted by Gasteiger charge is -2.30. The molecule has 0 aliphatic carbocycles. The number of amides is 1.